The SMILES string of the molecule is NC(=O)COc1cccc(C=O)c1O. The van der Waals surface area contributed by atoms with E-state index in [9.17, 15) is 14.7 Å². The van der Waals surface area contributed by atoms with Gasteiger partial charge >= 0.3 is 0 Å². The van der Waals surface area contributed by atoms with Gasteiger partial charge in [-0.1, -0.05) is 6.07 Å². The largest absolute Gasteiger partial charge is 0.504 e. The molecule has 0 aliphatic rings. The van der Waals surface area contributed by atoms with Crippen molar-refractivity contribution in [3.63, 3.8) is 0 Å². The normalized spacial score (nSPS) is 9.43. The van der Waals surface area contributed by atoms with Crippen LogP contribution in [0.15, 0.2) is 18.2 Å². The number of primary amides is 1. The van der Waals surface area contributed by atoms with E-state index in [1.807, 2.05) is 0 Å². The highest BCUT2D eigenvalue weighted by atomic mass is 16.5. The van der Waals surface area contributed by atoms with Gasteiger partial charge in [0.15, 0.2) is 24.4 Å². The summed E-state index contributed by atoms with van der Waals surface area (Å²) in [6.07, 6.45) is 0.493. The summed E-state index contributed by atoms with van der Waals surface area (Å²) in [7, 11) is 0. The van der Waals surface area contributed by atoms with E-state index < -0.39 is 5.91 Å². The van der Waals surface area contributed by atoms with Gasteiger partial charge in [0, 0.05) is 0 Å². The van der Waals surface area contributed by atoms with Crippen molar-refractivity contribution in [1.29, 1.82) is 0 Å². The molecule has 0 aromatic heterocycles. The van der Waals surface area contributed by atoms with E-state index in [4.69, 9.17) is 10.5 Å². The number of phenols is 1. The number of rotatable bonds is 4. The molecule has 1 rings (SSSR count). The summed E-state index contributed by atoms with van der Waals surface area (Å²) in [6.45, 7) is -0.337. The maximum atomic E-state index is 10.4. The van der Waals surface area contributed by atoms with Gasteiger partial charge in [-0.15, -0.1) is 0 Å². The summed E-state index contributed by atoms with van der Waals surface area (Å²) >= 11 is 0. The highest BCUT2D eigenvalue weighted by molar-refractivity contribution is 5.81. The monoisotopic (exact) mass is 195 g/mol. The second-order valence-electron chi connectivity index (χ2n) is 2.57. The molecule has 1 amide bonds. The average Bonchev–Trinajstić information content (AvgIpc) is 2.16. The zero-order chi connectivity index (χ0) is 10.6. The summed E-state index contributed by atoms with van der Waals surface area (Å²) in [5, 5.41) is 9.39. The molecule has 5 heteroatoms. The first-order valence-corrected chi connectivity index (χ1v) is 3.83. The Hall–Kier alpha value is -2.04. The summed E-state index contributed by atoms with van der Waals surface area (Å²) in [5.74, 6) is -0.877. The molecule has 0 atom stereocenters. The molecule has 0 heterocycles. The van der Waals surface area contributed by atoms with Crippen molar-refractivity contribution < 1.29 is 19.4 Å². The Balaban J connectivity index is 2.86. The molecule has 5 nitrogen and oxygen atoms in total. The number of hydrogen-bond acceptors (Lipinski definition) is 4. The van der Waals surface area contributed by atoms with Gasteiger partial charge in [0.25, 0.3) is 5.91 Å². The number of carbonyl (C=O) groups is 2. The molecule has 0 fully saturated rings. The second kappa shape index (κ2) is 4.27. The predicted octanol–water partition coefficient (Wildman–Crippen LogP) is 0.0688. The van der Waals surface area contributed by atoms with Crippen molar-refractivity contribution in [3.05, 3.63) is 23.8 Å². The van der Waals surface area contributed by atoms with Crippen molar-refractivity contribution in [2.24, 2.45) is 5.73 Å². The van der Waals surface area contributed by atoms with Crippen molar-refractivity contribution in [3.8, 4) is 11.5 Å². The van der Waals surface area contributed by atoms with Gasteiger partial charge in [-0.25, -0.2) is 0 Å². The van der Waals surface area contributed by atoms with Crippen LogP contribution < -0.4 is 10.5 Å². The Morgan fingerprint density at radius 1 is 1.57 bits per heavy atom. The fourth-order valence-electron chi connectivity index (χ4n) is 0.900. The molecule has 0 aliphatic heterocycles. The summed E-state index contributed by atoms with van der Waals surface area (Å²) in [6, 6.07) is 4.39. The number of carbonyl (C=O) groups excluding carboxylic acids is 2. The maximum Gasteiger partial charge on any atom is 0.255 e. The third-order valence-electron chi connectivity index (χ3n) is 1.53. The number of aromatic hydroxyl groups is 1. The third kappa shape index (κ3) is 2.22. The molecule has 0 saturated heterocycles. The maximum absolute atomic E-state index is 10.4. The fraction of sp³-hybridized carbons (Fsp3) is 0.111. The Kier molecular flexibility index (Phi) is 3.06. The number of amides is 1. The van der Waals surface area contributed by atoms with Gasteiger partial charge < -0.3 is 15.6 Å². The van der Waals surface area contributed by atoms with E-state index in [1.54, 1.807) is 0 Å². The lowest BCUT2D eigenvalue weighted by Crippen LogP contribution is -2.20. The van der Waals surface area contributed by atoms with Gasteiger partial charge in [0.1, 0.15) is 0 Å². The van der Waals surface area contributed by atoms with Crippen LogP contribution in [0.4, 0.5) is 0 Å². The zero-order valence-corrected chi connectivity index (χ0v) is 7.27. The highest BCUT2D eigenvalue weighted by Crippen LogP contribution is 2.28. The first-order valence-electron chi connectivity index (χ1n) is 3.83. The minimum Gasteiger partial charge on any atom is -0.504 e. The van der Waals surface area contributed by atoms with Crippen molar-refractivity contribution in [1.82, 2.24) is 0 Å². The predicted molar refractivity (Wildman–Crippen MR) is 48.2 cm³/mol. The van der Waals surface area contributed by atoms with Gasteiger partial charge in [-0.2, -0.15) is 0 Å². The molecular weight excluding hydrogens is 186 g/mol. The summed E-state index contributed by atoms with van der Waals surface area (Å²) in [4.78, 5) is 20.8. The minimum absolute atomic E-state index is 0.0633. The van der Waals surface area contributed by atoms with Gasteiger partial charge in [0.05, 0.1) is 5.56 Å². The molecule has 0 bridgehead atoms. The quantitative estimate of drug-likeness (QED) is 0.665. The van der Waals surface area contributed by atoms with E-state index in [0.29, 0.717) is 6.29 Å². The van der Waals surface area contributed by atoms with E-state index in [1.165, 1.54) is 18.2 Å². The van der Waals surface area contributed by atoms with E-state index >= 15 is 0 Å². The highest BCUT2D eigenvalue weighted by Gasteiger charge is 2.07. The summed E-state index contributed by atoms with van der Waals surface area (Å²) < 4.78 is 4.86. The fourth-order valence-corrected chi connectivity index (χ4v) is 0.900. The molecule has 0 spiro atoms. The topological polar surface area (TPSA) is 89.6 Å². The van der Waals surface area contributed by atoms with Crippen LogP contribution in [-0.4, -0.2) is 23.9 Å². The van der Waals surface area contributed by atoms with Crippen LogP contribution in [0, 0.1) is 0 Å². The van der Waals surface area contributed by atoms with Gasteiger partial charge in [0.2, 0.25) is 0 Å². The molecule has 0 unspecified atom stereocenters. The van der Waals surface area contributed by atoms with Crippen LogP contribution in [0.3, 0.4) is 0 Å². The minimum atomic E-state index is -0.652. The van der Waals surface area contributed by atoms with Crippen LogP contribution in [0.1, 0.15) is 10.4 Å². The Bertz CT molecular complexity index is 362. The van der Waals surface area contributed by atoms with Crippen molar-refractivity contribution >= 4 is 12.2 Å². The molecule has 0 aliphatic carbocycles. The van der Waals surface area contributed by atoms with Crippen LogP contribution >= 0.6 is 0 Å². The van der Waals surface area contributed by atoms with Gasteiger partial charge in [-0.05, 0) is 12.1 Å². The molecular formula is C9H9NO4. The molecule has 1 aromatic rings. The number of para-hydroxylation sites is 1. The lowest BCUT2D eigenvalue weighted by molar-refractivity contribution is -0.119. The van der Waals surface area contributed by atoms with E-state index in [2.05, 4.69) is 0 Å². The average molecular weight is 195 g/mol. The smallest absolute Gasteiger partial charge is 0.255 e. The molecule has 0 radical (unpaired) electrons. The molecule has 1 aromatic carbocycles. The van der Waals surface area contributed by atoms with Gasteiger partial charge in [-0.3, -0.25) is 9.59 Å². The molecule has 3 N–H and O–H groups in total. The Morgan fingerprint density at radius 2 is 2.29 bits per heavy atom. The van der Waals surface area contributed by atoms with Crippen LogP contribution in [0.2, 0.25) is 0 Å². The Labute approximate surface area is 80.1 Å². The lowest BCUT2D eigenvalue weighted by atomic mass is 10.2. The number of aldehydes is 1. The van der Waals surface area contributed by atoms with Crippen LogP contribution in [0.25, 0.3) is 0 Å². The molecule has 74 valence electrons. The zero-order valence-electron chi connectivity index (χ0n) is 7.27. The molecule has 0 saturated carbocycles. The first kappa shape index (κ1) is 10.0. The molecule has 14 heavy (non-hydrogen) atoms. The lowest BCUT2D eigenvalue weighted by Gasteiger charge is -2.06. The van der Waals surface area contributed by atoms with E-state index in [-0.39, 0.29) is 23.7 Å². The first-order chi connectivity index (χ1) is 6.65. The number of benzene rings is 1. The number of nitrogens with two attached hydrogens (primary N) is 1. The van der Waals surface area contributed by atoms with E-state index in [0.717, 1.165) is 0 Å². The van der Waals surface area contributed by atoms with Crippen LogP contribution in [0.5, 0.6) is 11.5 Å². The van der Waals surface area contributed by atoms with Crippen molar-refractivity contribution in [2.45, 2.75) is 0 Å². The number of hydrogen-bond donors (Lipinski definition) is 2. The standard InChI is InChI=1S/C9H9NO4/c10-8(12)5-14-7-3-1-2-6(4-11)9(7)13/h1-4,13H,5H2,(H2,10,12). The third-order valence-corrected chi connectivity index (χ3v) is 1.53. The number of ether oxygens (including phenoxy) is 1. The Morgan fingerprint density at radius 3 is 2.86 bits per heavy atom. The van der Waals surface area contributed by atoms with Crippen LogP contribution in [-0.2, 0) is 4.79 Å². The second-order valence-corrected chi connectivity index (χ2v) is 2.57. The number of phenolic OH excluding ortho intramolecular Hbond substituents is 1. The van der Waals surface area contributed by atoms with Crippen molar-refractivity contribution in [2.75, 3.05) is 6.61 Å². The summed E-state index contributed by atoms with van der Waals surface area (Å²) in [5.41, 5.74) is 4.95.